The number of nitrogens with zero attached hydrogens (tertiary/aromatic N) is 2. The molecular weight excluding hydrogens is 224 g/mol. The van der Waals surface area contributed by atoms with Gasteiger partial charge >= 0.3 is 5.91 Å². The number of aromatic nitrogens is 1. The number of fused-ring (bicyclic) bond motifs is 2. The number of rotatable bonds is 0. The van der Waals surface area contributed by atoms with E-state index in [2.05, 4.69) is 16.8 Å². The zero-order valence-corrected chi connectivity index (χ0v) is 10.1. The molecule has 0 unspecified atom stereocenters. The Morgan fingerprint density at radius 2 is 2.28 bits per heavy atom. The average molecular weight is 238 g/mol. The van der Waals surface area contributed by atoms with E-state index in [1.807, 2.05) is 23.2 Å². The molecule has 1 aromatic heterocycles. The molecule has 1 spiro atoms. The highest BCUT2D eigenvalue weighted by atomic mass is 16.2. The third-order valence-corrected chi connectivity index (χ3v) is 4.10. The van der Waals surface area contributed by atoms with E-state index in [0.29, 0.717) is 5.92 Å². The van der Waals surface area contributed by atoms with Gasteiger partial charge < -0.3 is 0 Å². The van der Waals surface area contributed by atoms with Crippen LogP contribution in [0.25, 0.3) is 0 Å². The smallest absolute Gasteiger partial charge is 0.299 e. The molecule has 90 valence electrons. The molecule has 0 atom stereocenters. The van der Waals surface area contributed by atoms with Gasteiger partial charge in [-0.15, -0.1) is 0 Å². The van der Waals surface area contributed by atoms with Crippen molar-refractivity contribution in [2.45, 2.75) is 31.1 Å². The highest BCUT2D eigenvalue weighted by Gasteiger charge is 2.54. The van der Waals surface area contributed by atoms with Gasteiger partial charge in [0.2, 0.25) is 0 Å². The monoisotopic (exact) mass is 238 g/mol. The van der Waals surface area contributed by atoms with Gasteiger partial charge in [0.15, 0.2) is 0 Å². The van der Waals surface area contributed by atoms with Crippen molar-refractivity contribution in [2.75, 3.05) is 11.4 Å². The fraction of sp³-hybridized carbons (Fsp3) is 0.467. The van der Waals surface area contributed by atoms with Crippen LogP contribution in [0.5, 0.6) is 0 Å². The lowest BCUT2D eigenvalue weighted by Crippen LogP contribution is -2.30. The Labute approximate surface area is 106 Å². The van der Waals surface area contributed by atoms with Gasteiger partial charge in [0, 0.05) is 24.1 Å². The summed E-state index contributed by atoms with van der Waals surface area (Å²) < 4.78 is 0. The summed E-state index contributed by atoms with van der Waals surface area (Å²) >= 11 is 0. The van der Waals surface area contributed by atoms with Crippen LogP contribution in [0.3, 0.4) is 0 Å². The summed E-state index contributed by atoms with van der Waals surface area (Å²) in [4.78, 5) is 18.5. The molecule has 2 saturated carbocycles. The average Bonchev–Trinajstić information content (AvgIpc) is 3.28. The van der Waals surface area contributed by atoms with Gasteiger partial charge in [-0.1, -0.05) is 5.92 Å². The van der Waals surface area contributed by atoms with Crippen LogP contribution < -0.4 is 4.90 Å². The summed E-state index contributed by atoms with van der Waals surface area (Å²) in [6.45, 7) is 0.775. The Kier molecular flexibility index (Phi) is 1.89. The van der Waals surface area contributed by atoms with E-state index in [1.165, 1.54) is 0 Å². The van der Waals surface area contributed by atoms with Crippen LogP contribution in [0, 0.1) is 17.8 Å². The number of carbonyl (C=O) groups excluding carboxylic acids is 1. The third kappa shape index (κ3) is 1.45. The SMILES string of the molecule is O=C(C#CC1CC1)N1CC2(CC2)c2ncccc21. The van der Waals surface area contributed by atoms with E-state index in [1.54, 1.807) is 0 Å². The molecule has 1 aromatic rings. The van der Waals surface area contributed by atoms with Crippen LogP contribution in [-0.2, 0) is 10.2 Å². The van der Waals surface area contributed by atoms with Crippen LogP contribution in [0.15, 0.2) is 18.3 Å². The van der Waals surface area contributed by atoms with Crippen molar-refractivity contribution in [2.24, 2.45) is 5.92 Å². The predicted molar refractivity (Wildman–Crippen MR) is 68.0 cm³/mol. The van der Waals surface area contributed by atoms with Crippen molar-refractivity contribution in [3.8, 4) is 11.8 Å². The van der Waals surface area contributed by atoms with Crippen LogP contribution >= 0.6 is 0 Å². The molecule has 1 amide bonds. The number of pyridine rings is 1. The van der Waals surface area contributed by atoms with Gasteiger partial charge in [0.25, 0.3) is 0 Å². The van der Waals surface area contributed by atoms with Crippen molar-refractivity contribution in [3.05, 3.63) is 24.0 Å². The maximum atomic E-state index is 12.2. The van der Waals surface area contributed by atoms with Gasteiger partial charge in [-0.2, -0.15) is 0 Å². The molecule has 2 heterocycles. The van der Waals surface area contributed by atoms with Gasteiger partial charge in [-0.3, -0.25) is 14.7 Å². The van der Waals surface area contributed by atoms with Crippen LogP contribution in [-0.4, -0.2) is 17.4 Å². The summed E-state index contributed by atoms with van der Waals surface area (Å²) in [5.74, 6) is 6.27. The fourth-order valence-corrected chi connectivity index (χ4v) is 2.67. The molecule has 18 heavy (non-hydrogen) atoms. The lowest BCUT2D eigenvalue weighted by Gasteiger charge is -2.13. The third-order valence-electron chi connectivity index (χ3n) is 4.10. The lowest BCUT2D eigenvalue weighted by molar-refractivity contribution is -0.113. The summed E-state index contributed by atoms with van der Waals surface area (Å²) in [6, 6.07) is 3.89. The first-order valence-electron chi connectivity index (χ1n) is 6.57. The molecular formula is C15H14N2O. The molecule has 3 nitrogen and oxygen atoms in total. The quantitative estimate of drug-likeness (QED) is 0.646. The topological polar surface area (TPSA) is 33.2 Å². The standard InChI is InChI=1S/C15H14N2O/c18-13(6-5-11-3-4-11)17-10-15(7-8-15)14-12(17)2-1-9-16-14/h1-2,9,11H,3-4,7-8,10H2. The van der Waals surface area contributed by atoms with Crippen molar-refractivity contribution in [1.29, 1.82) is 0 Å². The Balaban J connectivity index is 1.67. The number of carbonyl (C=O) groups is 1. The Morgan fingerprint density at radius 1 is 1.44 bits per heavy atom. The Hall–Kier alpha value is -1.82. The maximum Gasteiger partial charge on any atom is 0.302 e. The Bertz CT molecular complexity index is 588. The number of amides is 1. The first-order valence-corrected chi connectivity index (χ1v) is 6.57. The summed E-state index contributed by atoms with van der Waals surface area (Å²) in [5.41, 5.74) is 2.24. The zero-order chi connectivity index (χ0) is 12.2. The molecule has 2 fully saturated rings. The van der Waals surface area contributed by atoms with Crippen molar-refractivity contribution in [3.63, 3.8) is 0 Å². The molecule has 2 aliphatic carbocycles. The first-order chi connectivity index (χ1) is 8.78. The number of hydrogen-bond acceptors (Lipinski definition) is 2. The van der Waals surface area contributed by atoms with Crippen LogP contribution in [0.2, 0.25) is 0 Å². The van der Waals surface area contributed by atoms with Gasteiger partial charge in [-0.25, -0.2) is 0 Å². The normalized spacial score (nSPS) is 22.3. The minimum Gasteiger partial charge on any atom is -0.299 e. The van der Waals surface area contributed by atoms with E-state index in [4.69, 9.17) is 0 Å². The van der Waals surface area contributed by atoms with Gasteiger partial charge in [0.05, 0.1) is 11.4 Å². The zero-order valence-electron chi connectivity index (χ0n) is 10.1. The lowest BCUT2D eigenvalue weighted by atomic mass is 10.1. The predicted octanol–water partition coefficient (Wildman–Crippen LogP) is 1.87. The second kappa shape index (κ2) is 3.35. The minimum absolute atomic E-state index is 0.0556. The van der Waals surface area contributed by atoms with E-state index >= 15 is 0 Å². The molecule has 1 aliphatic heterocycles. The van der Waals surface area contributed by atoms with Crippen molar-refractivity contribution in [1.82, 2.24) is 4.98 Å². The van der Waals surface area contributed by atoms with Crippen molar-refractivity contribution >= 4 is 11.6 Å². The van der Waals surface area contributed by atoms with Crippen molar-refractivity contribution < 1.29 is 4.79 Å². The molecule has 3 aliphatic rings. The largest absolute Gasteiger partial charge is 0.302 e. The molecule has 0 aromatic carbocycles. The molecule has 0 bridgehead atoms. The maximum absolute atomic E-state index is 12.2. The second-order valence-corrected chi connectivity index (χ2v) is 5.59. The minimum atomic E-state index is -0.0556. The fourth-order valence-electron chi connectivity index (χ4n) is 2.67. The Morgan fingerprint density at radius 3 is 3.00 bits per heavy atom. The number of hydrogen-bond donors (Lipinski definition) is 0. The second-order valence-electron chi connectivity index (χ2n) is 5.59. The van der Waals surface area contributed by atoms with Gasteiger partial charge in [0.1, 0.15) is 0 Å². The molecule has 0 radical (unpaired) electrons. The molecule has 3 heteroatoms. The molecule has 0 saturated heterocycles. The van der Waals surface area contributed by atoms with E-state index < -0.39 is 0 Å². The summed E-state index contributed by atoms with van der Waals surface area (Å²) in [7, 11) is 0. The van der Waals surface area contributed by atoms with E-state index in [9.17, 15) is 4.79 Å². The van der Waals surface area contributed by atoms with Crippen LogP contribution in [0.1, 0.15) is 31.4 Å². The summed E-state index contributed by atoms with van der Waals surface area (Å²) in [5, 5.41) is 0. The highest BCUT2D eigenvalue weighted by molar-refractivity contribution is 6.07. The molecule has 0 N–H and O–H groups in total. The van der Waals surface area contributed by atoms with Crippen LogP contribution in [0.4, 0.5) is 5.69 Å². The molecule has 4 rings (SSSR count). The van der Waals surface area contributed by atoms with E-state index in [0.717, 1.165) is 43.6 Å². The van der Waals surface area contributed by atoms with E-state index in [-0.39, 0.29) is 11.3 Å². The highest BCUT2D eigenvalue weighted by Crippen LogP contribution is 2.55. The number of anilines is 1. The summed E-state index contributed by atoms with van der Waals surface area (Å²) in [6.07, 6.45) is 6.43. The van der Waals surface area contributed by atoms with Gasteiger partial charge in [-0.05, 0) is 43.7 Å². The first kappa shape index (κ1) is 10.1.